The number of alkyl halides is 9. The van der Waals surface area contributed by atoms with E-state index in [-0.39, 0.29) is 11.6 Å². The van der Waals surface area contributed by atoms with Crippen LogP contribution in [0.2, 0.25) is 0 Å². The first-order valence-electron chi connectivity index (χ1n) is 10.1. The predicted molar refractivity (Wildman–Crippen MR) is 107 cm³/mol. The third-order valence-electron chi connectivity index (χ3n) is 5.69. The lowest BCUT2D eigenvalue weighted by Gasteiger charge is -2.28. The molecule has 4 nitrogen and oxygen atoms in total. The summed E-state index contributed by atoms with van der Waals surface area (Å²) >= 11 is 0. The molecule has 3 atom stereocenters. The van der Waals surface area contributed by atoms with Gasteiger partial charge in [0.1, 0.15) is 0 Å². The number of hydrogen-bond donors (Lipinski definition) is 2. The maximum absolute atomic E-state index is 13.3. The second kappa shape index (κ2) is 9.15. The molecule has 0 aromatic heterocycles. The minimum Gasteiger partial charge on any atom is -0.453 e. The fraction of sp³-hybridized carbons (Fsp3) is 0.409. The zero-order valence-electron chi connectivity index (χ0n) is 18.1. The molecule has 1 aliphatic heterocycles. The minimum atomic E-state index is -5.09. The summed E-state index contributed by atoms with van der Waals surface area (Å²) in [5.74, 6) is -0.935. The molecule has 0 aliphatic carbocycles. The molecule has 0 saturated heterocycles. The number of carbonyl (C=O) groups excluding carboxylic acids is 1. The smallest absolute Gasteiger partial charge is 0.416 e. The van der Waals surface area contributed by atoms with E-state index in [4.69, 9.17) is 0 Å². The fourth-order valence-electron chi connectivity index (χ4n) is 4.19. The van der Waals surface area contributed by atoms with E-state index >= 15 is 0 Å². The highest BCUT2D eigenvalue weighted by Gasteiger charge is 2.41. The van der Waals surface area contributed by atoms with Gasteiger partial charge in [0, 0.05) is 23.7 Å². The Hall–Kier alpha value is -3.12. The van der Waals surface area contributed by atoms with E-state index < -0.39 is 71.3 Å². The number of ether oxygens (including phenoxy) is 1. The lowest BCUT2D eigenvalue weighted by atomic mass is 9.84. The molecule has 192 valence electrons. The third-order valence-corrected chi connectivity index (χ3v) is 5.69. The van der Waals surface area contributed by atoms with Crippen molar-refractivity contribution in [2.24, 2.45) is 0 Å². The summed E-state index contributed by atoms with van der Waals surface area (Å²) in [4.78, 5) is 12.0. The average Bonchev–Trinajstić information content (AvgIpc) is 3.05. The number of amides is 1. The van der Waals surface area contributed by atoms with E-state index in [9.17, 15) is 44.3 Å². The molecular weight excluding hydrogens is 495 g/mol. The SMILES string of the molecule is COC(=O)NC(Cc1cc(C(F)(F)F)cc(C(F)(F)F)c1)C1c2cc(C(F)(F)F)ccc2NC1C. The number of hydrogen-bond acceptors (Lipinski definition) is 3. The van der Waals surface area contributed by atoms with Crippen molar-refractivity contribution in [2.75, 3.05) is 12.4 Å². The largest absolute Gasteiger partial charge is 0.453 e. The molecule has 0 radical (unpaired) electrons. The van der Waals surface area contributed by atoms with Gasteiger partial charge in [-0.05, 0) is 60.9 Å². The van der Waals surface area contributed by atoms with Gasteiger partial charge in [-0.3, -0.25) is 0 Å². The van der Waals surface area contributed by atoms with Crippen molar-refractivity contribution in [2.45, 2.75) is 49.9 Å². The number of rotatable bonds is 4. The number of fused-ring (bicyclic) bond motifs is 1. The van der Waals surface area contributed by atoms with Crippen molar-refractivity contribution in [3.8, 4) is 0 Å². The zero-order chi connectivity index (χ0) is 26.3. The van der Waals surface area contributed by atoms with Crippen LogP contribution in [0.25, 0.3) is 0 Å². The van der Waals surface area contributed by atoms with E-state index in [1.54, 1.807) is 6.92 Å². The van der Waals surface area contributed by atoms with Crippen LogP contribution in [0.4, 0.5) is 50.0 Å². The average molecular weight is 514 g/mol. The molecule has 1 heterocycles. The van der Waals surface area contributed by atoms with Gasteiger partial charge in [-0.1, -0.05) is 0 Å². The Morgan fingerprint density at radius 3 is 1.94 bits per heavy atom. The Morgan fingerprint density at radius 2 is 1.46 bits per heavy atom. The number of alkyl carbamates (subject to hydrolysis) is 1. The van der Waals surface area contributed by atoms with Gasteiger partial charge in [0.25, 0.3) is 0 Å². The van der Waals surface area contributed by atoms with Crippen molar-refractivity contribution in [1.29, 1.82) is 0 Å². The van der Waals surface area contributed by atoms with E-state index in [0.29, 0.717) is 17.8 Å². The fourth-order valence-corrected chi connectivity index (χ4v) is 4.19. The van der Waals surface area contributed by atoms with Crippen LogP contribution in [0.1, 0.15) is 40.7 Å². The Kier molecular flexibility index (Phi) is 6.93. The molecular formula is C22H19F9N2O2. The minimum absolute atomic E-state index is 0.0309. The Morgan fingerprint density at radius 1 is 0.914 bits per heavy atom. The van der Waals surface area contributed by atoms with Gasteiger partial charge in [0.05, 0.1) is 23.8 Å². The van der Waals surface area contributed by atoms with Crippen molar-refractivity contribution < 1.29 is 49.0 Å². The molecule has 0 saturated carbocycles. The third kappa shape index (κ3) is 5.93. The van der Waals surface area contributed by atoms with Crippen LogP contribution in [-0.4, -0.2) is 25.3 Å². The van der Waals surface area contributed by atoms with Gasteiger partial charge >= 0.3 is 24.6 Å². The molecule has 1 aliphatic rings. The molecule has 0 spiro atoms. The predicted octanol–water partition coefficient (Wildman–Crippen LogP) is 6.61. The van der Waals surface area contributed by atoms with Crippen molar-refractivity contribution in [3.05, 3.63) is 64.2 Å². The molecule has 13 heteroatoms. The molecule has 0 fully saturated rings. The lowest BCUT2D eigenvalue weighted by Crippen LogP contribution is -2.43. The van der Waals surface area contributed by atoms with Gasteiger partial charge in [0.15, 0.2) is 0 Å². The second-order valence-electron chi connectivity index (χ2n) is 8.12. The number of carbonyl (C=O) groups is 1. The van der Waals surface area contributed by atoms with Crippen LogP contribution >= 0.6 is 0 Å². The highest BCUT2D eigenvalue weighted by Crippen LogP contribution is 2.43. The molecule has 2 N–H and O–H groups in total. The summed E-state index contributed by atoms with van der Waals surface area (Å²) in [7, 11) is 0.991. The molecule has 2 aromatic rings. The molecule has 35 heavy (non-hydrogen) atoms. The van der Waals surface area contributed by atoms with Crippen molar-refractivity contribution >= 4 is 11.8 Å². The van der Waals surface area contributed by atoms with E-state index in [1.165, 1.54) is 6.07 Å². The van der Waals surface area contributed by atoms with Crippen molar-refractivity contribution in [1.82, 2.24) is 5.32 Å². The molecule has 3 rings (SSSR count). The molecule has 3 unspecified atom stereocenters. The summed E-state index contributed by atoms with van der Waals surface area (Å²) in [6, 6.07) is 2.03. The molecule has 2 aromatic carbocycles. The summed E-state index contributed by atoms with van der Waals surface area (Å²) in [6.45, 7) is 1.57. The monoisotopic (exact) mass is 514 g/mol. The Bertz CT molecular complexity index is 1060. The Labute approximate surface area is 193 Å². The van der Waals surface area contributed by atoms with Crippen molar-refractivity contribution in [3.63, 3.8) is 0 Å². The van der Waals surface area contributed by atoms with Gasteiger partial charge < -0.3 is 15.4 Å². The Balaban J connectivity index is 2.09. The number of nitrogens with one attached hydrogen (secondary N) is 2. The van der Waals surface area contributed by atoms with Gasteiger partial charge in [0.2, 0.25) is 0 Å². The summed E-state index contributed by atoms with van der Waals surface area (Å²) < 4.78 is 124. The maximum atomic E-state index is 13.3. The highest BCUT2D eigenvalue weighted by atomic mass is 19.4. The van der Waals surface area contributed by atoms with Crippen LogP contribution in [0.15, 0.2) is 36.4 Å². The quantitative estimate of drug-likeness (QED) is 0.452. The summed E-state index contributed by atoms with van der Waals surface area (Å²) in [6.07, 6.45) is -16.5. The van der Waals surface area contributed by atoms with Crippen LogP contribution in [0, 0.1) is 0 Å². The van der Waals surface area contributed by atoms with E-state index in [2.05, 4.69) is 15.4 Å². The number of benzene rings is 2. The van der Waals surface area contributed by atoms with Crippen LogP contribution in [-0.2, 0) is 29.7 Å². The number of methoxy groups -OCH3 is 1. The lowest BCUT2D eigenvalue weighted by molar-refractivity contribution is -0.143. The maximum Gasteiger partial charge on any atom is 0.416 e. The first kappa shape index (κ1) is 26.5. The number of halogens is 9. The van der Waals surface area contributed by atoms with Gasteiger partial charge in [-0.15, -0.1) is 0 Å². The van der Waals surface area contributed by atoms with Crippen LogP contribution in [0.5, 0.6) is 0 Å². The topological polar surface area (TPSA) is 50.4 Å². The summed E-state index contributed by atoms with van der Waals surface area (Å²) in [5, 5.41) is 5.29. The first-order chi connectivity index (χ1) is 16.0. The van der Waals surface area contributed by atoms with Gasteiger partial charge in [-0.2, -0.15) is 39.5 Å². The zero-order valence-corrected chi connectivity index (χ0v) is 18.1. The molecule has 0 bridgehead atoms. The molecule has 1 amide bonds. The highest BCUT2D eigenvalue weighted by molar-refractivity contribution is 5.69. The van der Waals surface area contributed by atoms with Crippen LogP contribution in [0.3, 0.4) is 0 Å². The standard InChI is InChI=1S/C22H19F9N2O2/c1-10-18(15-9-12(20(23,24)25)3-4-16(15)32-10)17(33-19(34)35-2)7-11-5-13(21(26,27)28)8-14(6-11)22(29,30)31/h3-6,8-10,17-18,32H,7H2,1-2H3,(H,33,34). The van der Waals surface area contributed by atoms with Crippen LogP contribution < -0.4 is 10.6 Å². The van der Waals surface area contributed by atoms with Gasteiger partial charge in [-0.25, -0.2) is 4.79 Å². The second-order valence-corrected chi connectivity index (χ2v) is 8.12. The number of anilines is 1. The first-order valence-corrected chi connectivity index (χ1v) is 10.1. The van der Waals surface area contributed by atoms with E-state index in [0.717, 1.165) is 19.2 Å². The normalized spacial score (nSPS) is 19.1. The summed E-state index contributed by atoms with van der Waals surface area (Å²) in [5.41, 5.74) is -4.09. The van der Waals surface area contributed by atoms with E-state index in [1.807, 2.05) is 0 Å².